The van der Waals surface area contributed by atoms with E-state index < -0.39 is 0 Å². The van der Waals surface area contributed by atoms with E-state index >= 15 is 0 Å². The van der Waals surface area contributed by atoms with Crippen molar-refractivity contribution in [3.05, 3.63) is 59.0 Å². The van der Waals surface area contributed by atoms with Gasteiger partial charge in [-0.25, -0.2) is 0 Å². The number of furan rings is 1. The smallest absolute Gasteiger partial charge is 0.255 e. The van der Waals surface area contributed by atoms with Crippen molar-refractivity contribution >= 4 is 11.7 Å². The molecule has 1 aromatic heterocycles. The fraction of sp³-hybridized carbons (Fsp3) is 0.400. The highest BCUT2D eigenvalue weighted by atomic mass is 16.3. The van der Waals surface area contributed by atoms with Crippen LogP contribution in [0.3, 0.4) is 0 Å². The monoisotopic (exact) mass is 327 g/mol. The summed E-state index contributed by atoms with van der Waals surface area (Å²) >= 11 is 0. The van der Waals surface area contributed by atoms with E-state index in [1.54, 1.807) is 13.0 Å². The van der Waals surface area contributed by atoms with Crippen LogP contribution in [0.15, 0.2) is 40.8 Å². The Morgan fingerprint density at radius 2 is 1.79 bits per heavy atom. The summed E-state index contributed by atoms with van der Waals surface area (Å²) in [7, 11) is 0. The van der Waals surface area contributed by atoms with E-state index in [-0.39, 0.29) is 29.4 Å². The predicted octanol–water partition coefficient (Wildman–Crippen LogP) is 4.55. The van der Waals surface area contributed by atoms with Crippen LogP contribution in [0.25, 0.3) is 0 Å². The summed E-state index contributed by atoms with van der Waals surface area (Å²) in [6, 6.07) is 11.5. The quantitative estimate of drug-likeness (QED) is 0.759. The molecule has 1 aromatic carbocycles. The second-order valence-electron chi connectivity index (χ2n) is 6.08. The summed E-state index contributed by atoms with van der Waals surface area (Å²) in [5, 5.41) is 2.95. The van der Waals surface area contributed by atoms with Crippen LogP contribution in [0, 0.1) is 0 Å². The summed E-state index contributed by atoms with van der Waals surface area (Å²) in [5.41, 5.74) is 1.49. The number of ketones is 1. The zero-order chi connectivity index (χ0) is 17.7. The molecule has 0 radical (unpaired) electrons. The maximum absolute atomic E-state index is 12.6. The summed E-state index contributed by atoms with van der Waals surface area (Å²) in [6.07, 6.45) is 1.19. The number of Topliss-reactive ketones (excluding diaryl/α,β-unsaturated/α-hetero) is 1. The second kappa shape index (κ2) is 7.95. The maximum atomic E-state index is 12.6. The van der Waals surface area contributed by atoms with Gasteiger partial charge in [-0.1, -0.05) is 51.1 Å². The highest BCUT2D eigenvalue weighted by molar-refractivity contribution is 6.00. The number of nitrogens with one attached hydrogen (secondary N) is 1. The Labute approximate surface area is 143 Å². The molecule has 0 saturated carbocycles. The van der Waals surface area contributed by atoms with E-state index in [9.17, 15) is 9.59 Å². The van der Waals surface area contributed by atoms with Gasteiger partial charge in [0.2, 0.25) is 0 Å². The van der Waals surface area contributed by atoms with Gasteiger partial charge in [0.15, 0.2) is 11.5 Å². The molecule has 0 aliphatic heterocycles. The van der Waals surface area contributed by atoms with Crippen LogP contribution in [0.4, 0.5) is 0 Å². The summed E-state index contributed by atoms with van der Waals surface area (Å²) < 4.78 is 5.81. The number of hydrogen-bond donors (Lipinski definition) is 1. The highest BCUT2D eigenvalue weighted by Gasteiger charge is 2.25. The third-order valence-corrected chi connectivity index (χ3v) is 4.28. The van der Waals surface area contributed by atoms with Gasteiger partial charge < -0.3 is 9.73 Å². The Morgan fingerprint density at radius 1 is 1.12 bits per heavy atom. The van der Waals surface area contributed by atoms with Crippen LogP contribution in [-0.2, 0) is 0 Å². The molecule has 0 bridgehead atoms. The molecule has 2 rings (SSSR count). The third-order valence-electron chi connectivity index (χ3n) is 4.28. The first-order chi connectivity index (χ1) is 11.5. The topological polar surface area (TPSA) is 59.3 Å². The molecule has 2 atom stereocenters. The van der Waals surface area contributed by atoms with Crippen molar-refractivity contribution < 1.29 is 14.0 Å². The first kappa shape index (κ1) is 18.0. The molecule has 2 aromatic rings. The van der Waals surface area contributed by atoms with E-state index in [4.69, 9.17) is 4.42 Å². The fourth-order valence-electron chi connectivity index (χ4n) is 2.51. The van der Waals surface area contributed by atoms with E-state index in [2.05, 4.69) is 5.32 Å². The second-order valence-corrected chi connectivity index (χ2v) is 6.08. The first-order valence-electron chi connectivity index (χ1n) is 8.50. The van der Waals surface area contributed by atoms with Crippen molar-refractivity contribution in [2.24, 2.45) is 0 Å². The summed E-state index contributed by atoms with van der Waals surface area (Å²) in [5.74, 6) is 0.394. The number of hydrogen-bond acceptors (Lipinski definition) is 3. The normalized spacial score (nSPS) is 13.3. The average molecular weight is 327 g/mol. The van der Waals surface area contributed by atoms with Crippen molar-refractivity contribution in [2.45, 2.75) is 52.5 Å². The molecule has 4 nitrogen and oxygen atoms in total. The van der Waals surface area contributed by atoms with Crippen molar-refractivity contribution in [2.75, 3.05) is 0 Å². The molecular formula is C20H25NO3. The van der Waals surface area contributed by atoms with Crippen LogP contribution >= 0.6 is 0 Å². The predicted molar refractivity (Wildman–Crippen MR) is 94.5 cm³/mol. The zero-order valence-corrected chi connectivity index (χ0v) is 14.8. The van der Waals surface area contributed by atoms with Crippen molar-refractivity contribution in [1.29, 1.82) is 0 Å². The maximum Gasteiger partial charge on any atom is 0.255 e. The van der Waals surface area contributed by atoms with Crippen LogP contribution < -0.4 is 5.32 Å². The molecule has 0 aliphatic rings. The fourth-order valence-corrected chi connectivity index (χ4v) is 2.51. The van der Waals surface area contributed by atoms with Gasteiger partial charge in [-0.05, 0) is 18.9 Å². The van der Waals surface area contributed by atoms with Gasteiger partial charge in [0, 0.05) is 24.4 Å². The van der Waals surface area contributed by atoms with Crippen LogP contribution in [-0.4, -0.2) is 17.7 Å². The minimum Gasteiger partial charge on any atom is -0.456 e. The Hall–Kier alpha value is -2.36. The Bertz CT molecular complexity index is 703. The molecule has 0 fully saturated rings. The molecule has 0 spiro atoms. The van der Waals surface area contributed by atoms with Crippen LogP contribution in [0.2, 0.25) is 0 Å². The number of benzene rings is 1. The molecule has 128 valence electrons. The SMILES string of the molecule is CCC(=O)c1cc(C(=O)NC(C)CC)c([C@@H](C)c2ccccc2)o1. The average Bonchev–Trinajstić information content (AvgIpc) is 3.06. The molecule has 0 saturated heterocycles. The molecule has 4 heteroatoms. The van der Waals surface area contributed by atoms with Crippen molar-refractivity contribution in [3.63, 3.8) is 0 Å². The van der Waals surface area contributed by atoms with Crippen LogP contribution in [0.1, 0.15) is 78.7 Å². The van der Waals surface area contributed by atoms with E-state index in [1.807, 2.05) is 51.1 Å². The van der Waals surface area contributed by atoms with Gasteiger partial charge in [0.25, 0.3) is 5.91 Å². The summed E-state index contributed by atoms with van der Waals surface area (Å²) in [4.78, 5) is 24.6. The molecule has 24 heavy (non-hydrogen) atoms. The van der Waals surface area contributed by atoms with E-state index in [0.29, 0.717) is 17.7 Å². The summed E-state index contributed by atoms with van der Waals surface area (Å²) in [6.45, 7) is 7.73. The minimum atomic E-state index is -0.193. The highest BCUT2D eigenvalue weighted by Crippen LogP contribution is 2.30. The Balaban J connectivity index is 2.42. The van der Waals surface area contributed by atoms with Gasteiger partial charge >= 0.3 is 0 Å². The van der Waals surface area contributed by atoms with Gasteiger partial charge in [0.05, 0.1) is 5.56 Å². The zero-order valence-electron chi connectivity index (χ0n) is 14.8. The lowest BCUT2D eigenvalue weighted by atomic mass is 9.95. The number of rotatable bonds is 7. The van der Waals surface area contributed by atoms with Gasteiger partial charge in [-0.3, -0.25) is 9.59 Å². The molecule has 1 heterocycles. The molecule has 1 amide bonds. The first-order valence-corrected chi connectivity index (χ1v) is 8.50. The minimum absolute atomic E-state index is 0.0672. The van der Waals surface area contributed by atoms with Gasteiger partial charge in [-0.2, -0.15) is 0 Å². The van der Waals surface area contributed by atoms with Gasteiger partial charge in [0.1, 0.15) is 5.76 Å². The van der Waals surface area contributed by atoms with Gasteiger partial charge in [-0.15, -0.1) is 0 Å². The molecule has 1 N–H and O–H groups in total. The lowest BCUT2D eigenvalue weighted by Crippen LogP contribution is -2.32. The largest absolute Gasteiger partial charge is 0.456 e. The van der Waals surface area contributed by atoms with E-state index in [0.717, 1.165) is 12.0 Å². The van der Waals surface area contributed by atoms with E-state index in [1.165, 1.54) is 0 Å². The van der Waals surface area contributed by atoms with Crippen molar-refractivity contribution in [3.8, 4) is 0 Å². The molecule has 0 aliphatic carbocycles. The Morgan fingerprint density at radius 3 is 2.38 bits per heavy atom. The number of carbonyl (C=O) groups excluding carboxylic acids is 2. The number of carbonyl (C=O) groups is 2. The lowest BCUT2D eigenvalue weighted by molar-refractivity contribution is 0.0933. The lowest BCUT2D eigenvalue weighted by Gasteiger charge is -2.14. The Kier molecular flexibility index (Phi) is 5.96. The standard InChI is InChI=1S/C20H25NO3/c1-5-13(3)21-20(23)16-12-18(17(22)6-2)24-19(16)14(4)15-10-8-7-9-11-15/h7-14H,5-6H2,1-4H3,(H,21,23)/t13?,14-/m0/s1. The molecule has 1 unspecified atom stereocenters. The van der Waals surface area contributed by atoms with Crippen molar-refractivity contribution in [1.82, 2.24) is 5.32 Å². The number of amides is 1. The third kappa shape index (κ3) is 3.94. The molecular weight excluding hydrogens is 302 g/mol. The van der Waals surface area contributed by atoms with Crippen LogP contribution in [0.5, 0.6) is 0 Å².